The number of fused-ring (bicyclic) bond motifs is 3. The van der Waals surface area contributed by atoms with Crippen LogP contribution in [0.2, 0.25) is 5.15 Å². The maximum absolute atomic E-state index is 12.4. The molecule has 0 unspecified atom stereocenters. The fourth-order valence-corrected chi connectivity index (χ4v) is 3.03. The van der Waals surface area contributed by atoms with Crippen LogP contribution in [-0.4, -0.2) is 46.4 Å². The van der Waals surface area contributed by atoms with Gasteiger partial charge in [-0.2, -0.15) is 4.52 Å². The quantitative estimate of drug-likeness (QED) is 0.675. The van der Waals surface area contributed by atoms with Crippen molar-refractivity contribution in [1.82, 2.24) is 19.8 Å². The second kappa shape index (κ2) is 5.90. The number of ether oxygens (including phenoxy) is 2. The summed E-state index contributed by atoms with van der Waals surface area (Å²) >= 11 is 6.27. The molecule has 0 saturated carbocycles. The van der Waals surface area contributed by atoms with Crippen molar-refractivity contribution < 1.29 is 22.6 Å². The highest BCUT2D eigenvalue weighted by atomic mass is 35.5. The molecule has 1 aliphatic rings. The van der Waals surface area contributed by atoms with Gasteiger partial charge in [0.25, 0.3) is 0 Å². The maximum Gasteiger partial charge on any atom is 0.573 e. The molecule has 0 atom stereocenters. The van der Waals surface area contributed by atoms with Crippen molar-refractivity contribution in [3.05, 3.63) is 29.4 Å². The first kappa shape index (κ1) is 16.7. The van der Waals surface area contributed by atoms with Gasteiger partial charge in [-0.25, -0.2) is 0 Å². The molecule has 0 fully saturated rings. The number of benzene rings is 1. The van der Waals surface area contributed by atoms with Crippen molar-refractivity contribution in [2.24, 2.45) is 0 Å². The monoisotopic (exact) mass is 385 g/mol. The molecular weight excluding hydrogens is 375 g/mol. The van der Waals surface area contributed by atoms with Crippen molar-refractivity contribution in [2.45, 2.75) is 6.36 Å². The number of anilines is 1. The molecule has 26 heavy (non-hydrogen) atoms. The third-order valence-electron chi connectivity index (χ3n) is 3.82. The molecule has 136 valence electrons. The average Bonchev–Trinajstić information content (AvgIpc) is 2.97. The molecule has 0 amide bonds. The molecule has 2 aromatic heterocycles. The van der Waals surface area contributed by atoms with Gasteiger partial charge in [-0.3, -0.25) is 0 Å². The van der Waals surface area contributed by atoms with Gasteiger partial charge < -0.3 is 14.4 Å². The van der Waals surface area contributed by atoms with Crippen LogP contribution in [0.25, 0.3) is 17.0 Å². The van der Waals surface area contributed by atoms with Crippen LogP contribution in [0.15, 0.2) is 24.3 Å². The molecule has 4 rings (SSSR count). The topological polar surface area (TPSA) is 64.8 Å². The largest absolute Gasteiger partial charge is 0.573 e. The number of nitrogens with zero attached hydrogens (tertiary/aromatic N) is 5. The zero-order valence-electron chi connectivity index (χ0n) is 13.3. The molecule has 7 nitrogen and oxygen atoms in total. The number of rotatable bonds is 2. The van der Waals surface area contributed by atoms with E-state index < -0.39 is 6.36 Å². The van der Waals surface area contributed by atoms with Gasteiger partial charge in [-0.15, -0.1) is 28.5 Å². The van der Waals surface area contributed by atoms with E-state index in [0.717, 1.165) is 0 Å². The molecule has 0 bridgehead atoms. The van der Waals surface area contributed by atoms with E-state index in [1.54, 1.807) is 6.07 Å². The van der Waals surface area contributed by atoms with Crippen LogP contribution in [0.3, 0.4) is 0 Å². The van der Waals surface area contributed by atoms with E-state index in [2.05, 4.69) is 20.0 Å². The van der Waals surface area contributed by atoms with Gasteiger partial charge in [0, 0.05) is 12.6 Å². The highest BCUT2D eigenvalue weighted by Crippen LogP contribution is 2.39. The van der Waals surface area contributed by atoms with Crippen LogP contribution in [0.5, 0.6) is 11.5 Å². The second-order valence-electron chi connectivity index (χ2n) is 5.57. The summed E-state index contributed by atoms with van der Waals surface area (Å²) in [6.45, 7) is 1.08. The molecule has 1 aromatic carbocycles. The van der Waals surface area contributed by atoms with Gasteiger partial charge in [-0.1, -0.05) is 23.7 Å². The summed E-state index contributed by atoms with van der Waals surface area (Å²) in [5.41, 5.74) is 1.26. The summed E-state index contributed by atoms with van der Waals surface area (Å²) < 4.78 is 48.3. The molecule has 11 heteroatoms. The minimum atomic E-state index is -4.79. The highest BCUT2D eigenvalue weighted by molar-refractivity contribution is 6.32. The van der Waals surface area contributed by atoms with Crippen molar-refractivity contribution in [2.75, 3.05) is 25.1 Å². The van der Waals surface area contributed by atoms with E-state index in [9.17, 15) is 13.2 Å². The molecule has 0 N–H and O–H groups in total. The Morgan fingerprint density at radius 2 is 2.08 bits per heavy atom. The first-order chi connectivity index (χ1) is 12.3. The second-order valence-corrected chi connectivity index (χ2v) is 5.93. The first-order valence-corrected chi connectivity index (χ1v) is 7.86. The summed E-state index contributed by atoms with van der Waals surface area (Å²) in [7, 11) is 1.85. The standard InChI is InChI=1S/C15H11ClF3N5O2/c1-23-5-6-25-11-10(23)12(16)22-24-13(20-21-14(11)24)8-3-2-4-9(7-8)26-15(17,18)19/h2-4,7H,5-6H2,1H3. The molecular formula is C15H11ClF3N5O2. The summed E-state index contributed by atoms with van der Waals surface area (Å²) in [6, 6.07) is 5.38. The molecule has 0 saturated heterocycles. The van der Waals surface area contributed by atoms with E-state index in [1.165, 1.54) is 22.7 Å². The molecule has 3 aromatic rings. The number of alkyl halides is 3. The lowest BCUT2D eigenvalue weighted by molar-refractivity contribution is -0.274. The third kappa shape index (κ3) is 2.85. The van der Waals surface area contributed by atoms with Crippen molar-refractivity contribution in [3.63, 3.8) is 0 Å². The fraction of sp³-hybridized carbons (Fsp3) is 0.267. The van der Waals surface area contributed by atoms with Crippen LogP contribution in [0, 0.1) is 0 Å². The SMILES string of the molecule is CN1CCOc2c1c(Cl)nn1c(-c3cccc(OC(F)(F)F)c3)nnc21. The Kier molecular flexibility index (Phi) is 3.79. The normalized spacial score (nSPS) is 14.3. The predicted octanol–water partition coefficient (Wildman–Crippen LogP) is 3.17. The smallest absolute Gasteiger partial charge is 0.486 e. The lowest BCUT2D eigenvalue weighted by Crippen LogP contribution is -2.30. The van der Waals surface area contributed by atoms with Gasteiger partial charge >= 0.3 is 6.36 Å². The summed E-state index contributed by atoms with van der Waals surface area (Å²) in [6.07, 6.45) is -4.79. The first-order valence-electron chi connectivity index (χ1n) is 7.48. The van der Waals surface area contributed by atoms with Crippen molar-refractivity contribution >= 4 is 22.9 Å². The molecule has 0 aliphatic carbocycles. The lowest BCUT2D eigenvalue weighted by atomic mass is 10.2. The van der Waals surface area contributed by atoms with Gasteiger partial charge in [0.2, 0.25) is 5.65 Å². The van der Waals surface area contributed by atoms with E-state index >= 15 is 0 Å². The number of hydrogen-bond acceptors (Lipinski definition) is 6. The number of hydrogen-bond donors (Lipinski definition) is 0. The van der Waals surface area contributed by atoms with Crippen LogP contribution in [0.4, 0.5) is 18.9 Å². The average molecular weight is 386 g/mol. The number of likely N-dealkylation sites (N-methyl/N-ethyl adjacent to an activating group) is 1. The van der Waals surface area contributed by atoms with Gasteiger partial charge in [-0.05, 0) is 12.1 Å². The van der Waals surface area contributed by atoms with Crippen LogP contribution in [0.1, 0.15) is 0 Å². The lowest BCUT2D eigenvalue weighted by Gasteiger charge is -2.27. The zero-order chi connectivity index (χ0) is 18.5. The predicted molar refractivity (Wildman–Crippen MR) is 86.7 cm³/mol. The number of halogens is 4. The summed E-state index contributed by atoms with van der Waals surface area (Å²) in [5, 5.41) is 12.5. The highest BCUT2D eigenvalue weighted by Gasteiger charge is 2.31. The zero-order valence-corrected chi connectivity index (χ0v) is 14.0. The van der Waals surface area contributed by atoms with E-state index in [-0.39, 0.29) is 16.7 Å². The summed E-state index contributed by atoms with van der Waals surface area (Å²) in [5.74, 6) is 0.279. The molecule has 3 heterocycles. The van der Waals surface area contributed by atoms with Crippen molar-refractivity contribution in [1.29, 1.82) is 0 Å². The minimum absolute atomic E-state index is 0.179. The Balaban J connectivity index is 1.84. The Labute approximate surface area is 149 Å². The minimum Gasteiger partial charge on any atom is -0.486 e. The third-order valence-corrected chi connectivity index (χ3v) is 4.08. The molecule has 0 spiro atoms. The van der Waals surface area contributed by atoms with Crippen LogP contribution >= 0.6 is 11.6 Å². The molecule has 0 radical (unpaired) electrons. The Bertz CT molecular complexity index is 991. The number of aromatic nitrogens is 4. The van der Waals surface area contributed by atoms with Gasteiger partial charge in [0.1, 0.15) is 18.0 Å². The Hall–Kier alpha value is -2.75. The van der Waals surface area contributed by atoms with E-state index in [4.69, 9.17) is 16.3 Å². The van der Waals surface area contributed by atoms with Gasteiger partial charge in [0.15, 0.2) is 16.7 Å². The van der Waals surface area contributed by atoms with Crippen LogP contribution in [-0.2, 0) is 0 Å². The van der Waals surface area contributed by atoms with Crippen LogP contribution < -0.4 is 14.4 Å². The molecule has 1 aliphatic heterocycles. The van der Waals surface area contributed by atoms with Crippen molar-refractivity contribution in [3.8, 4) is 22.9 Å². The fourth-order valence-electron chi connectivity index (χ4n) is 2.72. The summed E-state index contributed by atoms with van der Waals surface area (Å²) in [4.78, 5) is 1.89. The Morgan fingerprint density at radius 1 is 1.27 bits per heavy atom. The van der Waals surface area contributed by atoms with E-state index in [0.29, 0.717) is 35.8 Å². The Morgan fingerprint density at radius 3 is 2.85 bits per heavy atom. The maximum atomic E-state index is 12.4. The van der Waals surface area contributed by atoms with Gasteiger partial charge in [0.05, 0.1) is 6.54 Å². The van der Waals surface area contributed by atoms with E-state index in [1.807, 2.05) is 11.9 Å².